The summed E-state index contributed by atoms with van der Waals surface area (Å²) in [7, 11) is 0. The van der Waals surface area contributed by atoms with E-state index in [1.54, 1.807) is 11.3 Å². The van der Waals surface area contributed by atoms with Crippen molar-refractivity contribution in [2.45, 2.75) is 31.7 Å². The maximum Gasteiger partial charge on any atom is 0.223 e. The van der Waals surface area contributed by atoms with Crippen LogP contribution in [0.2, 0.25) is 0 Å². The molecule has 2 saturated heterocycles. The van der Waals surface area contributed by atoms with Crippen LogP contribution in [0, 0.1) is 0 Å². The van der Waals surface area contributed by atoms with Crippen LogP contribution in [0.1, 0.15) is 24.1 Å². The molecule has 2 aliphatic rings. The molecule has 0 radical (unpaired) electrons. The summed E-state index contributed by atoms with van der Waals surface area (Å²) in [6.45, 7) is 5.61. The molecule has 0 saturated carbocycles. The molecule has 0 unspecified atom stereocenters. The van der Waals surface area contributed by atoms with Crippen molar-refractivity contribution in [3.05, 3.63) is 22.4 Å². The molecule has 2 aliphatic heterocycles. The van der Waals surface area contributed by atoms with Crippen molar-refractivity contribution in [2.24, 2.45) is 0 Å². The van der Waals surface area contributed by atoms with Crippen LogP contribution in [-0.4, -0.2) is 61.1 Å². The molecule has 0 aliphatic carbocycles. The minimum absolute atomic E-state index is 0.315. The number of amides is 1. The van der Waals surface area contributed by atoms with Gasteiger partial charge in [0.05, 0.1) is 0 Å². The third-order valence-electron chi connectivity index (χ3n) is 4.54. The first kappa shape index (κ1) is 15.0. The van der Waals surface area contributed by atoms with Gasteiger partial charge < -0.3 is 9.64 Å². The number of carbonyl (C=O) groups excluding carboxylic acids is 1. The van der Waals surface area contributed by atoms with Crippen molar-refractivity contribution in [1.29, 1.82) is 0 Å². The second-order valence-electron chi connectivity index (χ2n) is 5.84. The molecule has 0 bridgehead atoms. The van der Waals surface area contributed by atoms with E-state index in [2.05, 4.69) is 22.4 Å². The van der Waals surface area contributed by atoms with Gasteiger partial charge in [-0.05, 0) is 30.7 Å². The van der Waals surface area contributed by atoms with Gasteiger partial charge in [-0.2, -0.15) is 0 Å². The standard InChI is InChI=1S/C16H24N2O2S/c19-16(4-3-15-2-1-13-21-15)18-9-7-17(8-10-18)14-5-11-20-12-6-14/h1-2,13-14H,3-12H2. The molecule has 116 valence electrons. The lowest BCUT2D eigenvalue weighted by Crippen LogP contribution is -2.53. The quantitative estimate of drug-likeness (QED) is 0.853. The largest absolute Gasteiger partial charge is 0.381 e. The smallest absolute Gasteiger partial charge is 0.223 e. The average molecular weight is 308 g/mol. The summed E-state index contributed by atoms with van der Waals surface area (Å²) < 4.78 is 5.43. The fourth-order valence-electron chi connectivity index (χ4n) is 3.23. The van der Waals surface area contributed by atoms with E-state index >= 15 is 0 Å². The van der Waals surface area contributed by atoms with Crippen molar-refractivity contribution in [2.75, 3.05) is 39.4 Å². The van der Waals surface area contributed by atoms with Gasteiger partial charge in [0.2, 0.25) is 5.91 Å². The van der Waals surface area contributed by atoms with Crippen LogP contribution in [0.4, 0.5) is 0 Å². The van der Waals surface area contributed by atoms with Gasteiger partial charge in [-0.1, -0.05) is 6.07 Å². The van der Waals surface area contributed by atoms with E-state index in [0.717, 1.165) is 58.7 Å². The number of hydrogen-bond acceptors (Lipinski definition) is 4. The zero-order valence-corrected chi connectivity index (χ0v) is 13.3. The summed E-state index contributed by atoms with van der Waals surface area (Å²) in [4.78, 5) is 18.2. The van der Waals surface area contributed by atoms with Gasteiger partial charge >= 0.3 is 0 Å². The van der Waals surface area contributed by atoms with Crippen LogP contribution in [0.25, 0.3) is 0 Å². The van der Waals surface area contributed by atoms with Crippen molar-refractivity contribution < 1.29 is 9.53 Å². The highest BCUT2D eigenvalue weighted by molar-refractivity contribution is 7.09. The minimum atomic E-state index is 0.315. The topological polar surface area (TPSA) is 32.8 Å². The number of aryl methyl sites for hydroxylation is 1. The number of rotatable bonds is 4. The SMILES string of the molecule is O=C(CCc1cccs1)N1CCN(C2CCOCC2)CC1. The molecule has 2 fully saturated rings. The Labute approximate surface area is 130 Å². The number of ether oxygens (including phenoxy) is 1. The Hall–Kier alpha value is -0.910. The van der Waals surface area contributed by atoms with Gasteiger partial charge in [-0.3, -0.25) is 9.69 Å². The minimum Gasteiger partial charge on any atom is -0.381 e. The fraction of sp³-hybridized carbons (Fsp3) is 0.688. The van der Waals surface area contributed by atoms with Gasteiger partial charge in [-0.15, -0.1) is 11.3 Å². The van der Waals surface area contributed by atoms with Crippen LogP contribution in [-0.2, 0) is 16.0 Å². The zero-order chi connectivity index (χ0) is 14.5. The second-order valence-corrected chi connectivity index (χ2v) is 6.87. The Morgan fingerprint density at radius 2 is 2.00 bits per heavy atom. The molecule has 4 nitrogen and oxygen atoms in total. The number of piperazine rings is 1. The molecule has 0 atom stereocenters. The predicted octanol–water partition coefficient (Wildman–Crippen LogP) is 2.00. The Kier molecular flexibility index (Phi) is 5.27. The normalized spacial score (nSPS) is 21.6. The molecule has 1 amide bonds. The van der Waals surface area contributed by atoms with E-state index in [4.69, 9.17) is 4.74 Å². The predicted molar refractivity (Wildman–Crippen MR) is 84.6 cm³/mol. The monoisotopic (exact) mass is 308 g/mol. The Bertz CT molecular complexity index is 435. The Balaban J connectivity index is 1.41. The van der Waals surface area contributed by atoms with Gasteiger partial charge in [0.25, 0.3) is 0 Å². The van der Waals surface area contributed by atoms with Crippen LogP contribution in [0.5, 0.6) is 0 Å². The van der Waals surface area contributed by atoms with Crippen LogP contribution in [0.15, 0.2) is 17.5 Å². The van der Waals surface area contributed by atoms with E-state index < -0.39 is 0 Å². The summed E-state index contributed by atoms with van der Waals surface area (Å²) in [6.07, 6.45) is 3.83. The summed E-state index contributed by atoms with van der Waals surface area (Å²) in [6, 6.07) is 4.83. The molecule has 1 aromatic rings. The summed E-state index contributed by atoms with van der Waals surface area (Å²) >= 11 is 1.74. The molecule has 3 rings (SSSR count). The molecule has 0 N–H and O–H groups in total. The van der Waals surface area contributed by atoms with Crippen LogP contribution in [0.3, 0.4) is 0 Å². The second kappa shape index (κ2) is 7.38. The third-order valence-corrected chi connectivity index (χ3v) is 5.48. The average Bonchev–Trinajstić information content (AvgIpc) is 3.07. The van der Waals surface area contributed by atoms with Crippen molar-refractivity contribution >= 4 is 17.2 Å². The highest BCUT2D eigenvalue weighted by Crippen LogP contribution is 2.17. The van der Waals surface area contributed by atoms with Crippen molar-refractivity contribution in [3.63, 3.8) is 0 Å². The van der Waals surface area contributed by atoms with E-state index in [-0.39, 0.29) is 0 Å². The van der Waals surface area contributed by atoms with Crippen LogP contribution < -0.4 is 0 Å². The maximum atomic E-state index is 12.3. The van der Waals surface area contributed by atoms with Gasteiger partial charge in [0, 0.05) is 56.7 Å². The van der Waals surface area contributed by atoms with Crippen molar-refractivity contribution in [3.8, 4) is 0 Å². The summed E-state index contributed by atoms with van der Waals surface area (Å²) in [5.41, 5.74) is 0. The Morgan fingerprint density at radius 1 is 1.24 bits per heavy atom. The summed E-state index contributed by atoms with van der Waals surface area (Å²) in [5, 5.41) is 2.08. The van der Waals surface area contributed by atoms with Gasteiger partial charge in [0.1, 0.15) is 0 Å². The Morgan fingerprint density at radius 3 is 2.67 bits per heavy atom. The highest BCUT2D eigenvalue weighted by Gasteiger charge is 2.26. The van der Waals surface area contributed by atoms with Gasteiger partial charge in [0.15, 0.2) is 0 Å². The first-order valence-corrected chi connectivity index (χ1v) is 8.83. The number of carbonyl (C=O) groups is 1. The molecule has 5 heteroatoms. The van der Waals surface area contributed by atoms with E-state index in [1.807, 2.05) is 4.90 Å². The number of hydrogen-bond donors (Lipinski definition) is 0. The third kappa shape index (κ3) is 4.05. The first-order chi connectivity index (χ1) is 10.3. The van der Waals surface area contributed by atoms with Gasteiger partial charge in [-0.25, -0.2) is 0 Å². The lowest BCUT2D eigenvalue weighted by Gasteiger charge is -2.40. The van der Waals surface area contributed by atoms with E-state index in [9.17, 15) is 4.79 Å². The lowest BCUT2D eigenvalue weighted by molar-refractivity contribution is -0.133. The molecule has 0 aromatic carbocycles. The molecular weight excluding hydrogens is 284 g/mol. The molecule has 0 spiro atoms. The summed E-state index contributed by atoms with van der Waals surface area (Å²) in [5.74, 6) is 0.315. The first-order valence-electron chi connectivity index (χ1n) is 7.95. The fourth-order valence-corrected chi connectivity index (χ4v) is 3.94. The zero-order valence-electron chi connectivity index (χ0n) is 12.5. The lowest BCUT2D eigenvalue weighted by atomic mass is 10.1. The maximum absolute atomic E-state index is 12.3. The molecular formula is C16H24N2O2S. The molecule has 21 heavy (non-hydrogen) atoms. The number of thiophene rings is 1. The van der Waals surface area contributed by atoms with Crippen molar-refractivity contribution in [1.82, 2.24) is 9.80 Å². The highest BCUT2D eigenvalue weighted by atomic mass is 32.1. The van der Waals surface area contributed by atoms with Crippen LogP contribution >= 0.6 is 11.3 Å². The number of nitrogens with zero attached hydrogens (tertiary/aromatic N) is 2. The van der Waals surface area contributed by atoms with E-state index in [1.165, 1.54) is 4.88 Å². The molecule has 3 heterocycles. The molecule has 1 aromatic heterocycles. The van der Waals surface area contributed by atoms with E-state index in [0.29, 0.717) is 18.4 Å².